The Hall–Kier alpha value is -1.03. The fourth-order valence-corrected chi connectivity index (χ4v) is 1.32. The summed E-state index contributed by atoms with van der Waals surface area (Å²) >= 11 is 1.64. The van der Waals surface area contributed by atoms with Crippen molar-refractivity contribution in [2.24, 2.45) is 16.7 Å². The molecule has 0 unspecified atom stereocenters. The first kappa shape index (κ1) is 7.08. The molecule has 0 aliphatic carbocycles. The van der Waals surface area contributed by atoms with Crippen LogP contribution < -0.4 is 11.6 Å². The van der Waals surface area contributed by atoms with Crippen LogP contribution in [-0.2, 0) is 6.42 Å². The van der Waals surface area contributed by atoms with E-state index in [0.717, 1.165) is 5.56 Å². The van der Waals surface area contributed by atoms with Gasteiger partial charge in [-0.05, 0) is 22.4 Å². The van der Waals surface area contributed by atoms with Crippen LogP contribution in [0.15, 0.2) is 21.9 Å². The zero-order valence-corrected chi connectivity index (χ0v) is 6.27. The number of thiophene rings is 1. The number of amidine groups is 1. The van der Waals surface area contributed by atoms with Crippen molar-refractivity contribution >= 4 is 17.2 Å². The van der Waals surface area contributed by atoms with Crippen LogP contribution in [0.3, 0.4) is 0 Å². The van der Waals surface area contributed by atoms with Crippen LogP contribution >= 0.6 is 11.3 Å². The lowest BCUT2D eigenvalue weighted by Gasteiger charge is -1.93. The Morgan fingerprint density at radius 1 is 1.70 bits per heavy atom. The molecule has 1 aromatic rings. The summed E-state index contributed by atoms with van der Waals surface area (Å²) in [7, 11) is 0. The van der Waals surface area contributed by atoms with Crippen LogP contribution in [0.2, 0.25) is 0 Å². The summed E-state index contributed by atoms with van der Waals surface area (Å²) < 4.78 is 0. The number of hydrogen-bond donors (Lipinski definition) is 2. The van der Waals surface area contributed by atoms with Crippen molar-refractivity contribution in [2.45, 2.75) is 6.42 Å². The van der Waals surface area contributed by atoms with E-state index >= 15 is 0 Å². The quantitative estimate of drug-likeness (QED) is 0.283. The van der Waals surface area contributed by atoms with Crippen LogP contribution in [0.25, 0.3) is 0 Å². The van der Waals surface area contributed by atoms with Crippen molar-refractivity contribution in [2.75, 3.05) is 0 Å². The molecule has 0 radical (unpaired) electrons. The van der Waals surface area contributed by atoms with Gasteiger partial charge in [0.15, 0.2) is 0 Å². The maximum Gasteiger partial charge on any atom is 0.123 e. The van der Waals surface area contributed by atoms with Gasteiger partial charge < -0.3 is 11.6 Å². The molecule has 4 N–H and O–H groups in total. The minimum Gasteiger partial charge on any atom is -0.385 e. The molecule has 1 aromatic heterocycles. The zero-order chi connectivity index (χ0) is 7.40. The van der Waals surface area contributed by atoms with Crippen LogP contribution in [0, 0.1) is 0 Å². The van der Waals surface area contributed by atoms with Crippen LogP contribution in [0.4, 0.5) is 0 Å². The first-order valence-corrected chi connectivity index (χ1v) is 3.80. The molecule has 0 spiro atoms. The van der Waals surface area contributed by atoms with Gasteiger partial charge in [-0.2, -0.15) is 16.4 Å². The number of hydrazone groups is 1. The van der Waals surface area contributed by atoms with Gasteiger partial charge in [-0.15, -0.1) is 0 Å². The van der Waals surface area contributed by atoms with Gasteiger partial charge in [-0.25, -0.2) is 0 Å². The Morgan fingerprint density at radius 3 is 3.00 bits per heavy atom. The summed E-state index contributed by atoms with van der Waals surface area (Å²) in [6.45, 7) is 0. The molecular weight excluding hydrogens is 146 g/mol. The smallest absolute Gasteiger partial charge is 0.123 e. The van der Waals surface area contributed by atoms with E-state index in [1.165, 1.54) is 0 Å². The van der Waals surface area contributed by atoms with Crippen LogP contribution in [-0.4, -0.2) is 5.84 Å². The fourth-order valence-electron chi connectivity index (χ4n) is 0.648. The molecule has 0 aromatic carbocycles. The summed E-state index contributed by atoms with van der Waals surface area (Å²) in [4.78, 5) is 0. The summed E-state index contributed by atoms with van der Waals surface area (Å²) in [5.74, 6) is 5.43. The molecule has 0 aliphatic heterocycles. The Labute approximate surface area is 63.3 Å². The number of nitrogens with zero attached hydrogens (tertiary/aromatic N) is 1. The maximum absolute atomic E-state index is 5.39. The largest absolute Gasteiger partial charge is 0.385 e. The molecule has 0 amide bonds. The van der Waals surface area contributed by atoms with Gasteiger partial charge in [0.25, 0.3) is 0 Å². The lowest BCUT2D eigenvalue weighted by molar-refractivity contribution is 1.18. The Morgan fingerprint density at radius 2 is 2.50 bits per heavy atom. The maximum atomic E-state index is 5.39. The summed E-state index contributed by atoms with van der Waals surface area (Å²) in [6, 6.07) is 2.00. The molecule has 10 heavy (non-hydrogen) atoms. The second kappa shape index (κ2) is 3.22. The monoisotopic (exact) mass is 155 g/mol. The van der Waals surface area contributed by atoms with E-state index in [-0.39, 0.29) is 0 Å². The third kappa shape index (κ3) is 1.73. The first-order valence-electron chi connectivity index (χ1n) is 2.86. The fraction of sp³-hybridized carbons (Fsp3) is 0.167. The Balaban J connectivity index is 2.56. The lowest BCUT2D eigenvalue weighted by Crippen LogP contribution is -2.16. The van der Waals surface area contributed by atoms with E-state index in [1.807, 2.05) is 16.8 Å². The molecule has 1 heterocycles. The average molecular weight is 155 g/mol. The Kier molecular flexibility index (Phi) is 2.28. The summed E-state index contributed by atoms with van der Waals surface area (Å²) in [5, 5.41) is 7.39. The second-order valence-electron chi connectivity index (χ2n) is 1.93. The van der Waals surface area contributed by atoms with Gasteiger partial charge in [0.1, 0.15) is 5.84 Å². The topological polar surface area (TPSA) is 64.4 Å². The highest BCUT2D eigenvalue weighted by Gasteiger charge is 1.94. The molecule has 4 heteroatoms. The normalized spacial score (nSPS) is 11.8. The van der Waals surface area contributed by atoms with Gasteiger partial charge >= 0.3 is 0 Å². The molecule has 1 rings (SSSR count). The van der Waals surface area contributed by atoms with Crippen molar-refractivity contribution in [1.82, 2.24) is 0 Å². The number of nitrogens with two attached hydrogens (primary N) is 2. The van der Waals surface area contributed by atoms with Crippen molar-refractivity contribution < 1.29 is 0 Å². The van der Waals surface area contributed by atoms with E-state index in [9.17, 15) is 0 Å². The molecule has 0 aliphatic rings. The first-order chi connectivity index (χ1) is 4.83. The standard InChI is InChI=1S/C6H9N3S/c7-6(9-8)3-5-1-2-10-4-5/h1-2,4H,3,8H2,(H2,7,9). The van der Waals surface area contributed by atoms with Gasteiger partial charge in [0.05, 0.1) is 0 Å². The third-order valence-corrected chi connectivity index (χ3v) is 1.86. The summed E-state index contributed by atoms with van der Waals surface area (Å²) in [5.41, 5.74) is 6.56. The predicted octanol–water partition coefficient (Wildman–Crippen LogP) is 0.521. The van der Waals surface area contributed by atoms with Crippen LogP contribution in [0.1, 0.15) is 5.56 Å². The molecule has 54 valence electrons. The van der Waals surface area contributed by atoms with Crippen molar-refractivity contribution in [1.29, 1.82) is 0 Å². The van der Waals surface area contributed by atoms with E-state index in [2.05, 4.69) is 5.10 Å². The minimum atomic E-state index is 0.471. The van der Waals surface area contributed by atoms with Crippen molar-refractivity contribution in [3.8, 4) is 0 Å². The highest BCUT2D eigenvalue weighted by Crippen LogP contribution is 2.05. The van der Waals surface area contributed by atoms with E-state index in [1.54, 1.807) is 11.3 Å². The molecule has 0 atom stereocenters. The van der Waals surface area contributed by atoms with Gasteiger partial charge in [-0.3, -0.25) is 0 Å². The highest BCUT2D eigenvalue weighted by molar-refractivity contribution is 7.07. The predicted molar refractivity (Wildman–Crippen MR) is 43.8 cm³/mol. The minimum absolute atomic E-state index is 0.471. The van der Waals surface area contributed by atoms with Gasteiger partial charge in [0, 0.05) is 6.42 Å². The van der Waals surface area contributed by atoms with E-state index in [0.29, 0.717) is 12.3 Å². The lowest BCUT2D eigenvalue weighted by atomic mass is 10.2. The molecule has 0 saturated heterocycles. The third-order valence-electron chi connectivity index (χ3n) is 1.13. The summed E-state index contributed by atoms with van der Waals surface area (Å²) in [6.07, 6.45) is 0.653. The number of hydrogen-bond acceptors (Lipinski definition) is 3. The molecular formula is C6H9N3S. The van der Waals surface area contributed by atoms with Crippen LogP contribution in [0.5, 0.6) is 0 Å². The molecule has 0 fully saturated rings. The van der Waals surface area contributed by atoms with Crippen molar-refractivity contribution in [3.05, 3.63) is 22.4 Å². The molecule has 0 bridgehead atoms. The Bertz CT molecular complexity index is 215. The van der Waals surface area contributed by atoms with E-state index < -0.39 is 0 Å². The zero-order valence-electron chi connectivity index (χ0n) is 5.45. The average Bonchev–Trinajstić information content (AvgIpc) is 2.40. The van der Waals surface area contributed by atoms with Gasteiger partial charge in [0.2, 0.25) is 0 Å². The molecule has 3 nitrogen and oxygen atoms in total. The second-order valence-corrected chi connectivity index (χ2v) is 2.71. The highest BCUT2D eigenvalue weighted by atomic mass is 32.1. The molecule has 0 saturated carbocycles. The van der Waals surface area contributed by atoms with Gasteiger partial charge in [-0.1, -0.05) is 0 Å². The SMILES string of the molecule is N/N=C(/N)Cc1ccsc1. The van der Waals surface area contributed by atoms with E-state index in [4.69, 9.17) is 11.6 Å². The van der Waals surface area contributed by atoms with Crippen molar-refractivity contribution in [3.63, 3.8) is 0 Å². The number of rotatable bonds is 2.